The van der Waals surface area contributed by atoms with Gasteiger partial charge in [-0.15, -0.1) is 0 Å². The summed E-state index contributed by atoms with van der Waals surface area (Å²) in [4.78, 5) is 15.3. The van der Waals surface area contributed by atoms with Crippen molar-refractivity contribution in [1.29, 1.82) is 0 Å². The van der Waals surface area contributed by atoms with E-state index in [1.165, 1.54) is 0 Å². The van der Waals surface area contributed by atoms with Gasteiger partial charge in [0.2, 0.25) is 5.91 Å². The van der Waals surface area contributed by atoms with Crippen LogP contribution < -0.4 is 5.32 Å². The average molecular weight is 320 g/mol. The van der Waals surface area contributed by atoms with Gasteiger partial charge in [0.1, 0.15) is 0 Å². The minimum Gasteiger partial charge on any atom is -0.361 e. The number of fused-ring (bicyclic) bond motifs is 1. The summed E-state index contributed by atoms with van der Waals surface area (Å²) < 4.78 is 23.2. The highest BCUT2D eigenvalue weighted by Gasteiger charge is 2.29. The molecule has 2 heterocycles. The number of para-hydroxylation sites is 1. The zero-order valence-electron chi connectivity index (χ0n) is 12.3. The van der Waals surface area contributed by atoms with Crippen molar-refractivity contribution in [3.05, 3.63) is 36.0 Å². The molecule has 2 N–H and O–H groups in total. The van der Waals surface area contributed by atoms with E-state index in [-0.39, 0.29) is 23.3 Å². The SMILES string of the molecule is O=C(NCCc1c[nH]c2ccccc12)C1CCCS(=O)(=O)C1. The Morgan fingerprint density at radius 3 is 2.95 bits per heavy atom. The maximum absolute atomic E-state index is 12.1. The molecular formula is C16H20N2O3S. The molecule has 1 aromatic carbocycles. The second-order valence-electron chi connectivity index (χ2n) is 5.85. The maximum atomic E-state index is 12.1. The molecule has 6 heteroatoms. The van der Waals surface area contributed by atoms with Crippen molar-refractivity contribution >= 4 is 26.6 Å². The second kappa shape index (κ2) is 6.12. The van der Waals surface area contributed by atoms with Crippen molar-refractivity contribution in [3.8, 4) is 0 Å². The van der Waals surface area contributed by atoms with Crippen molar-refractivity contribution in [1.82, 2.24) is 10.3 Å². The first-order valence-electron chi connectivity index (χ1n) is 7.58. The standard InChI is InChI=1S/C16H20N2O3S/c19-16(13-4-3-9-22(20,21)11-13)17-8-7-12-10-18-15-6-2-1-5-14(12)15/h1-2,5-6,10,13,18H,3-4,7-9,11H2,(H,17,19). The summed E-state index contributed by atoms with van der Waals surface area (Å²) in [5, 5.41) is 4.04. The minimum absolute atomic E-state index is 0.00802. The lowest BCUT2D eigenvalue weighted by Crippen LogP contribution is -2.38. The number of carbonyl (C=O) groups is 1. The van der Waals surface area contributed by atoms with E-state index in [1.54, 1.807) is 0 Å². The minimum atomic E-state index is -3.04. The van der Waals surface area contributed by atoms with Gasteiger partial charge in [0.15, 0.2) is 9.84 Å². The summed E-state index contributed by atoms with van der Waals surface area (Å²) in [7, 11) is -3.04. The van der Waals surface area contributed by atoms with E-state index in [0.29, 0.717) is 19.4 Å². The molecule has 22 heavy (non-hydrogen) atoms. The highest BCUT2D eigenvalue weighted by Crippen LogP contribution is 2.19. The van der Waals surface area contributed by atoms with E-state index in [2.05, 4.69) is 16.4 Å². The van der Waals surface area contributed by atoms with Crippen molar-refractivity contribution in [2.24, 2.45) is 5.92 Å². The molecule has 3 rings (SSSR count). The normalized spacial score (nSPS) is 20.8. The first kappa shape index (κ1) is 15.1. The Balaban J connectivity index is 1.55. The predicted octanol–water partition coefficient (Wildman–Crippen LogP) is 1.65. The summed E-state index contributed by atoms with van der Waals surface area (Å²) in [6, 6.07) is 8.04. The third-order valence-electron chi connectivity index (χ3n) is 4.20. The maximum Gasteiger partial charge on any atom is 0.224 e. The van der Waals surface area contributed by atoms with Gasteiger partial charge in [-0.2, -0.15) is 0 Å². The van der Waals surface area contributed by atoms with E-state index in [1.807, 2.05) is 24.4 Å². The molecule has 1 atom stereocenters. The summed E-state index contributed by atoms with van der Waals surface area (Å²) in [6.07, 6.45) is 3.94. The van der Waals surface area contributed by atoms with Crippen LogP contribution in [0.5, 0.6) is 0 Å². The van der Waals surface area contributed by atoms with Crippen LogP contribution >= 0.6 is 0 Å². The Morgan fingerprint density at radius 1 is 1.32 bits per heavy atom. The smallest absolute Gasteiger partial charge is 0.224 e. The molecule has 118 valence electrons. The molecule has 1 aliphatic heterocycles. The Labute approximate surface area is 130 Å². The fourth-order valence-corrected chi connectivity index (χ4v) is 4.74. The number of rotatable bonds is 4. The quantitative estimate of drug-likeness (QED) is 0.899. The molecule has 0 saturated carbocycles. The predicted molar refractivity (Wildman–Crippen MR) is 86.4 cm³/mol. The Morgan fingerprint density at radius 2 is 2.14 bits per heavy atom. The number of carbonyl (C=O) groups excluding carboxylic acids is 1. The van der Waals surface area contributed by atoms with Crippen LogP contribution in [-0.2, 0) is 21.1 Å². The number of H-pyrrole nitrogens is 1. The van der Waals surface area contributed by atoms with Gasteiger partial charge in [-0.05, 0) is 30.9 Å². The summed E-state index contributed by atoms with van der Waals surface area (Å²) in [6.45, 7) is 0.525. The van der Waals surface area contributed by atoms with Crippen LogP contribution in [0.15, 0.2) is 30.5 Å². The van der Waals surface area contributed by atoms with Gasteiger partial charge >= 0.3 is 0 Å². The van der Waals surface area contributed by atoms with E-state index in [0.717, 1.165) is 22.9 Å². The van der Waals surface area contributed by atoms with Crippen LogP contribution in [0.1, 0.15) is 18.4 Å². The molecule has 1 aliphatic rings. The number of amides is 1. The van der Waals surface area contributed by atoms with Crippen molar-refractivity contribution in [2.75, 3.05) is 18.1 Å². The molecule has 1 fully saturated rings. The number of sulfone groups is 1. The molecule has 1 amide bonds. The molecule has 1 aromatic heterocycles. The molecule has 0 radical (unpaired) electrons. The molecule has 1 saturated heterocycles. The van der Waals surface area contributed by atoms with Gasteiger partial charge < -0.3 is 10.3 Å². The molecule has 0 spiro atoms. The molecule has 2 aromatic rings. The van der Waals surface area contributed by atoms with Crippen LogP contribution in [0.4, 0.5) is 0 Å². The topological polar surface area (TPSA) is 79.0 Å². The van der Waals surface area contributed by atoms with E-state index in [9.17, 15) is 13.2 Å². The summed E-state index contributed by atoms with van der Waals surface area (Å²) in [5.74, 6) is -0.317. The molecule has 1 unspecified atom stereocenters. The van der Waals surface area contributed by atoms with Gasteiger partial charge in [-0.1, -0.05) is 18.2 Å². The van der Waals surface area contributed by atoms with Crippen molar-refractivity contribution in [2.45, 2.75) is 19.3 Å². The van der Waals surface area contributed by atoms with E-state index in [4.69, 9.17) is 0 Å². The molecule has 0 aliphatic carbocycles. The second-order valence-corrected chi connectivity index (χ2v) is 8.08. The molecule has 0 bridgehead atoms. The fraction of sp³-hybridized carbons (Fsp3) is 0.438. The van der Waals surface area contributed by atoms with Gasteiger partial charge in [0.05, 0.1) is 17.4 Å². The first-order chi connectivity index (χ1) is 10.6. The van der Waals surface area contributed by atoms with E-state index < -0.39 is 9.84 Å². The Hall–Kier alpha value is -1.82. The highest BCUT2D eigenvalue weighted by molar-refractivity contribution is 7.91. The number of hydrogen-bond acceptors (Lipinski definition) is 3. The van der Waals surface area contributed by atoms with Gasteiger partial charge in [0.25, 0.3) is 0 Å². The van der Waals surface area contributed by atoms with Gasteiger partial charge in [0, 0.05) is 23.6 Å². The lowest BCUT2D eigenvalue weighted by atomic mass is 10.0. The first-order valence-corrected chi connectivity index (χ1v) is 9.40. The van der Waals surface area contributed by atoms with Gasteiger partial charge in [-0.3, -0.25) is 4.79 Å². The lowest BCUT2D eigenvalue weighted by molar-refractivity contribution is -0.124. The monoisotopic (exact) mass is 320 g/mol. The van der Waals surface area contributed by atoms with Gasteiger partial charge in [-0.25, -0.2) is 8.42 Å². The van der Waals surface area contributed by atoms with Crippen LogP contribution in [0, 0.1) is 5.92 Å². The number of benzene rings is 1. The highest BCUT2D eigenvalue weighted by atomic mass is 32.2. The number of aromatic amines is 1. The summed E-state index contributed by atoms with van der Waals surface area (Å²) in [5.41, 5.74) is 2.24. The third-order valence-corrected chi connectivity index (χ3v) is 6.02. The zero-order chi connectivity index (χ0) is 15.6. The van der Waals surface area contributed by atoms with E-state index >= 15 is 0 Å². The fourth-order valence-electron chi connectivity index (χ4n) is 3.03. The third kappa shape index (κ3) is 3.32. The lowest BCUT2D eigenvalue weighted by Gasteiger charge is -2.21. The average Bonchev–Trinajstić information content (AvgIpc) is 2.90. The van der Waals surface area contributed by atoms with Crippen LogP contribution in [-0.4, -0.2) is 37.4 Å². The number of aromatic nitrogens is 1. The zero-order valence-corrected chi connectivity index (χ0v) is 13.2. The number of nitrogens with one attached hydrogen (secondary N) is 2. The van der Waals surface area contributed by atoms with Crippen LogP contribution in [0.3, 0.4) is 0 Å². The van der Waals surface area contributed by atoms with Crippen LogP contribution in [0.2, 0.25) is 0 Å². The molecule has 5 nitrogen and oxygen atoms in total. The largest absolute Gasteiger partial charge is 0.361 e. The Bertz CT molecular complexity index is 780. The summed E-state index contributed by atoms with van der Waals surface area (Å²) >= 11 is 0. The van der Waals surface area contributed by atoms with Crippen molar-refractivity contribution < 1.29 is 13.2 Å². The Kier molecular flexibility index (Phi) is 4.20. The molecular weight excluding hydrogens is 300 g/mol. The number of hydrogen-bond donors (Lipinski definition) is 2. The van der Waals surface area contributed by atoms with Crippen LogP contribution in [0.25, 0.3) is 10.9 Å². The van der Waals surface area contributed by atoms with Crippen molar-refractivity contribution in [3.63, 3.8) is 0 Å².